The molecule has 3 heterocycles. The van der Waals surface area contributed by atoms with Crippen molar-refractivity contribution < 1.29 is 14.4 Å². The van der Waals surface area contributed by atoms with Gasteiger partial charge in [-0.15, -0.1) is 22.7 Å². The van der Waals surface area contributed by atoms with E-state index in [2.05, 4.69) is 26.2 Å². The quantitative estimate of drug-likeness (QED) is 0.698. The van der Waals surface area contributed by atoms with Gasteiger partial charge in [-0.3, -0.25) is 14.4 Å². The van der Waals surface area contributed by atoms with E-state index in [1.807, 2.05) is 11.4 Å². The third-order valence-electron chi connectivity index (χ3n) is 3.97. The lowest BCUT2D eigenvalue weighted by atomic mass is 10.2. The van der Waals surface area contributed by atoms with Gasteiger partial charge < -0.3 is 15.1 Å². The van der Waals surface area contributed by atoms with Crippen molar-refractivity contribution >= 4 is 56.3 Å². The molecule has 1 aliphatic rings. The van der Waals surface area contributed by atoms with Gasteiger partial charge in [0.1, 0.15) is 10.7 Å². The first-order valence-corrected chi connectivity index (χ1v) is 11.0. The van der Waals surface area contributed by atoms with Gasteiger partial charge in [0.15, 0.2) is 0 Å². The number of hydrogen-bond acceptors (Lipinski definition) is 6. The smallest absolute Gasteiger partial charge is 0.312 e. The standard InChI is InChI=1S/C17H19BrN4O3S2/c1-10(2)19-14(23)17(25)22-5-3-21(4-6-22)16(24)12-9-27-15(20-12)13-7-11(18)8-26-13/h7-10H,3-6H2,1-2H3,(H,19,23). The van der Waals surface area contributed by atoms with Crippen LogP contribution >= 0.6 is 38.6 Å². The number of hydrogen-bond donors (Lipinski definition) is 1. The Labute approximate surface area is 173 Å². The first-order valence-electron chi connectivity index (χ1n) is 8.44. The molecule has 0 aliphatic carbocycles. The number of rotatable bonds is 3. The fourth-order valence-corrected chi connectivity index (χ4v) is 4.95. The number of aromatic nitrogens is 1. The van der Waals surface area contributed by atoms with Gasteiger partial charge >= 0.3 is 11.8 Å². The monoisotopic (exact) mass is 470 g/mol. The number of amides is 3. The highest BCUT2D eigenvalue weighted by atomic mass is 79.9. The maximum Gasteiger partial charge on any atom is 0.312 e. The van der Waals surface area contributed by atoms with Crippen LogP contribution in [0.1, 0.15) is 24.3 Å². The average molecular weight is 471 g/mol. The van der Waals surface area contributed by atoms with Crippen LogP contribution in [0.3, 0.4) is 0 Å². The van der Waals surface area contributed by atoms with E-state index in [1.165, 1.54) is 16.2 Å². The summed E-state index contributed by atoms with van der Waals surface area (Å²) in [5, 5.41) is 7.15. The Hall–Kier alpha value is -1.78. The van der Waals surface area contributed by atoms with Gasteiger partial charge in [-0.25, -0.2) is 4.98 Å². The van der Waals surface area contributed by atoms with E-state index < -0.39 is 11.8 Å². The highest BCUT2D eigenvalue weighted by Gasteiger charge is 2.29. The van der Waals surface area contributed by atoms with E-state index in [9.17, 15) is 14.4 Å². The number of piperazine rings is 1. The van der Waals surface area contributed by atoms with Crippen molar-refractivity contribution in [3.63, 3.8) is 0 Å². The van der Waals surface area contributed by atoms with E-state index in [4.69, 9.17) is 0 Å². The Balaban J connectivity index is 1.58. The van der Waals surface area contributed by atoms with Crippen LogP contribution in [0, 0.1) is 0 Å². The van der Waals surface area contributed by atoms with Crippen molar-refractivity contribution in [1.29, 1.82) is 0 Å². The minimum atomic E-state index is -0.601. The Morgan fingerprint density at radius 1 is 1.11 bits per heavy atom. The van der Waals surface area contributed by atoms with Crippen LogP contribution in [0.2, 0.25) is 0 Å². The molecule has 1 aliphatic heterocycles. The normalized spacial score (nSPS) is 14.5. The van der Waals surface area contributed by atoms with Gasteiger partial charge in [-0.05, 0) is 35.8 Å². The number of nitrogens with zero attached hydrogens (tertiary/aromatic N) is 3. The van der Waals surface area contributed by atoms with E-state index in [-0.39, 0.29) is 11.9 Å². The minimum Gasteiger partial charge on any atom is -0.346 e. The minimum absolute atomic E-state index is 0.0906. The van der Waals surface area contributed by atoms with E-state index in [0.29, 0.717) is 31.9 Å². The van der Waals surface area contributed by atoms with Crippen LogP contribution in [0.5, 0.6) is 0 Å². The molecule has 144 valence electrons. The SMILES string of the molecule is CC(C)NC(=O)C(=O)N1CCN(C(=O)c2csc(-c3cc(Br)cs3)n2)CC1. The van der Waals surface area contributed by atoms with E-state index >= 15 is 0 Å². The second kappa shape index (κ2) is 8.49. The summed E-state index contributed by atoms with van der Waals surface area (Å²) in [4.78, 5) is 45.3. The van der Waals surface area contributed by atoms with Crippen LogP contribution in [0.4, 0.5) is 0 Å². The number of carbonyl (C=O) groups is 3. The maximum atomic E-state index is 12.7. The molecule has 0 radical (unpaired) electrons. The molecule has 27 heavy (non-hydrogen) atoms. The van der Waals surface area contributed by atoms with Crippen LogP contribution in [0.25, 0.3) is 9.88 Å². The molecule has 7 nitrogen and oxygen atoms in total. The van der Waals surface area contributed by atoms with Gasteiger partial charge in [0, 0.05) is 47.5 Å². The van der Waals surface area contributed by atoms with Gasteiger partial charge in [-0.2, -0.15) is 0 Å². The molecule has 2 aromatic rings. The summed E-state index contributed by atoms with van der Waals surface area (Å²) >= 11 is 6.42. The second-order valence-corrected chi connectivity index (χ2v) is 9.06. The third kappa shape index (κ3) is 4.74. The molecule has 0 bridgehead atoms. The maximum absolute atomic E-state index is 12.7. The van der Waals surface area contributed by atoms with Crippen LogP contribution in [0.15, 0.2) is 21.3 Å². The van der Waals surface area contributed by atoms with Gasteiger partial charge in [0.05, 0.1) is 4.88 Å². The lowest BCUT2D eigenvalue weighted by Gasteiger charge is -2.34. The molecule has 1 fully saturated rings. The highest BCUT2D eigenvalue weighted by Crippen LogP contribution is 2.32. The fourth-order valence-electron chi connectivity index (χ4n) is 2.65. The predicted octanol–water partition coefficient (Wildman–Crippen LogP) is 2.44. The molecule has 0 spiro atoms. The zero-order chi connectivity index (χ0) is 19.6. The summed E-state index contributed by atoms with van der Waals surface area (Å²) in [5.41, 5.74) is 0.414. The summed E-state index contributed by atoms with van der Waals surface area (Å²) in [6.45, 7) is 5.06. The summed E-state index contributed by atoms with van der Waals surface area (Å²) in [6.07, 6.45) is 0. The van der Waals surface area contributed by atoms with Gasteiger partial charge in [-0.1, -0.05) is 0 Å². The Kier molecular flexibility index (Phi) is 6.28. The Morgan fingerprint density at radius 2 is 1.78 bits per heavy atom. The first kappa shape index (κ1) is 20.0. The molecule has 0 unspecified atom stereocenters. The summed E-state index contributed by atoms with van der Waals surface area (Å²) in [7, 11) is 0. The molecule has 3 rings (SSSR count). The number of carbonyl (C=O) groups excluding carboxylic acids is 3. The van der Waals surface area contributed by atoms with Crippen molar-refractivity contribution in [1.82, 2.24) is 20.1 Å². The number of halogens is 1. The first-order chi connectivity index (χ1) is 12.8. The number of thiophene rings is 1. The molecule has 1 saturated heterocycles. The van der Waals surface area contributed by atoms with Crippen LogP contribution in [-0.4, -0.2) is 64.7 Å². The molecule has 0 saturated carbocycles. The Bertz CT molecular complexity index is 856. The van der Waals surface area contributed by atoms with Gasteiger partial charge in [0.25, 0.3) is 5.91 Å². The van der Waals surface area contributed by atoms with Crippen LogP contribution < -0.4 is 5.32 Å². The van der Waals surface area contributed by atoms with Crippen LogP contribution in [-0.2, 0) is 9.59 Å². The summed E-state index contributed by atoms with van der Waals surface area (Å²) < 4.78 is 0.993. The van der Waals surface area contributed by atoms with Crippen molar-refractivity contribution in [3.05, 3.63) is 27.0 Å². The fraction of sp³-hybridized carbons (Fsp3) is 0.412. The zero-order valence-electron chi connectivity index (χ0n) is 14.9. The molecular weight excluding hydrogens is 452 g/mol. The largest absolute Gasteiger partial charge is 0.346 e. The second-order valence-electron chi connectivity index (χ2n) is 6.38. The third-order valence-corrected chi connectivity index (χ3v) is 6.67. The number of nitrogens with one attached hydrogen (secondary N) is 1. The predicted molar refractivity (Wildman–Crippen MR) is 109 cm³/mol. The van der Waals surface area contributed by atoms with Crippen molar-refractivity contribution in [2.45, 2.75) is 19.9 Å². The molecule has 1 N–H and O–H groups in total. The summed E-state index contributed by atoms with van der Waals surface area (Å²) in [6, 6.07) is 1.89. The summed E-state index contributed by atoms with van der Waals surface area (Å²) in [5.74, 6) is -1.29. The molecule has 2 aromatic heterocycles. The lowest BCUT2D eigenvalue weighted by molar-refractivity contribution is -0.147. The zero-order valence-corrected chi connectivity index (χ0v) is 18.1. The van der Waals surface area contributed by atoms with E-state index in [1.54, 1.807) is 35.5 Å². The highest BCUT2D eigenvalue weighted by molar-refractivity contribution is 9.10. The van der Waals surface area contributed by atoms with Gasteiger partial charge in [0.2, 0.25) is 0 Å². The average Bonchev–Trinajstić information content (AvgIpc) is 3.29. The van der Waals surface area contributed by atoms with Crippen molar-refractivity contribution in [3.8, 4) is 9.88 Å². The molecule has 0 atom stereocenters. The van der Waals surface area contributed by atoms with Crippen molar-refractivity contribution in [2.75, 3.05) is 26.2 Å². The number of thiazole rings is 1. The lowest BCUT2D eigenvalue weighted by Crippen LogP contribution is -2.54. The molecule has 0 aromatic carbocycles. The van der Waals surface area contributed by atoms with E-state index in [0.717, 1.165) is 14.4 Å². The molecule has 3 amide bonds. The molecular formula is C17H19BrN4O3S2. The Morgan fingerprint density at radius 3 is 2.37 bits per heavy atom. The molecule has 10 heteroatoms. The topological polar surface area (TPSA) is 82.6 Å². The van der Waals surface area contributed by atoms with Crippen molar-refractivity contribution in [2.24, 2.45) is 0 Å².